The lowest BCUT2D eigenvalue weighted by Crippen LogP contribution is -1.93. The SMILES string of the molecule is C/C=C(\C=C/CCC(C)C)c1c(F)cccc1F. The highest BCUT2D eigenvalue weighted by Crippen LogP contribution is 2.23. The van der Waals surface area contributed by atoms with Crippen LogP contribution in [0.2, 0.25) is 0 Å². The summed E-state index contributed by atoms with van der Waals surface area (Å²) in [5.41, 5.74) is 0.648. The van der Waals surface area contributed by atoms with E-state index in [2.05, 4.69) is 13.8 Å². The van der Waals surface area contributed by atoms with E-state index in [1.165, 1.54) is 18.2 Å². The average molecular weight is 250 g/mol. The Morgan fingerprint density at radius 1 is 1.22 bits per heavy atom. The van der Waals surface area contributed by atoms with Crippen molar-refractivity contribution in [3.63, 3.8) is 0 Å². The fourth-order valence-electron chi connectivity index (χ4n) is 1.74. The highest BCUT2D eigenvalue weighted by Gasteiger charge is 2.10. The molecule has 0 radical (unpaired) electrons. The summed E-state index contributed by atoms with van der Waals surface area (Å²) in [5, 5.41) is 0. The molecule has 0 heterocycles. The van der Waals surface area contributed by atoms with Crippen LogP contribution in [0.5, 0.6) is 0 Å². The van der Waals surface area contributed by atoms with Gasteiger partial charge in [-0.15, -0.1) is 0 Å². The minimum absolute atomic E-state index is 0.0563. The van der Waals surface area contributed by atoms with Crippen molar-refractivity contribution >= 4 is 5.57 Å². The van der Waals surface area contributed by atoms with Gasteiger partial charge in [0.25, 0.3) is 0 Å². The first-order valence-corrected chi connectivity index (χ1v) is 6.33. The van der Waals surface area contributed by atoms with E-state index in [9.17, 15) is 8.78 Å². The van der Waals surface area contributed by atoms with Gasteiger partial charge in [-0.3, -0.25) is 0 Å². The summed E-state index contributed by atoms with van der Waals surface area (Å²) in [4.78, 5) is 0. The second-order valence-electron chi connectivity index (χ2n) is 4.71. The maximum Gasteiger partial charge on any atom is 0.133 e. The van der Waals surface area contributed by atoms with Gasteiger partial charge >= 0.3 is 0 Å². The molecule has 0 aliphatic rings. The molecule has 0 aliphatic carbocycles. The van der Waals surface area contributed by atoms with Crippen LogP contribution in [0.25, 0.3) is 5.57 Å². The third-order valence-electron chi connectivity index (χ3n) is 2.77. The summed E-state index contributed by atoms with van der Waals surface area (Å²) >= 11 is 0. The highest BCUT2D eigenvalue weighted by molar-refractivity contribution is 5.74. The third kappa shape index (κ3) is 4.10. The van der Waals surface area contributed by atoms with Crippen LogP contribution in [0.1, 0.15) is 39.2 Å². The van der Waals surface area contributed by atoms with Gasteiger partial charge in [0.1, 0.15) is 11.6 Å². The van der Waals surface area contributed by atoms with E-state index in [1.807, 2.05) is 6.08 Å². The summed E-state index contributed by atoms with van der Waals surface area (Å²) in [7, 11) is 0. The Morgan fingerprint density at radius 2 is 1.83 bits per heavy atom. The Balaban J connectivity index is 2.85. The molecule has 0 N–H and O–H groups in total. The molecule has 0 nitrogen and oxygen atoms in total. The van der Waals surface area contributed by atoms with Crippen molar-refractivity contribution in [3.05, 3.63) is 53.6 Å². The smallest absolute Gasteiger partial charge is 0.133 e. The predicted molar refractivity (Wildman–Crippen MR) is 73.2 cm³/mol. The fraction of sp³-hybridized carbons (Fsp3) is 0.375. The van der Waals surface area contributed by atoms with Crippen molar-refractivity contribution in [1.29, 1.82) is 0 Å². The zero-order valence-corrected chi connectivity index (χ0v) is 11.2. The van der Waals surface area contributed by atoms with Crippen molar-refractivity contribution in [2.45, 2.75) is 33.6 Å². The van der Waals surface area contributed by atoms with Crippen LogP contribution in [-0.4, -0.2) is 0 Å². The topological polar surface area (TPSA) is 0 Å². The summed E-state index contributed by atoms with van der Waals surface area (Å²) in [6.45, 7) is 6.09. The van der Waals surface area contributed by atoms with Gasteiger partial charge in [0.2, 0.25) is 0 Å². The average Bonchev–Trinajstić information content (AvgIpc) is 2.31. The Labute approximate surface area is 108 Å². The maximum absolute atomic E-state index is 13.6. The Morgan fingerprint density at radius 3 is 2.33 bits per heavy atom. The number of rotatable bonds is 5. The monoisotopic (exact) mass is 250 g/mol. The van der Waals surface area contributed by atoms with Crippen molar-refractivity contribution in [1.82, 2.24) is 0 Å². The molecule has 0 spiro atoms. The normalized spacial score (nSPS) is 12.7. The molecule has 0 aliphatic heterocycles. The Hall–Kier alpha value is -1.44. The second-order valence-corrected chi connectivity index (χ2v) is 4.71. The fourth-order valence-corrected chi connectivity index (χ4v) is 1.74. The summed E-state index contributed by atoms with van der Waals surface area (Å²) < 4.78 is 27.2. The molecule has 0 aromatic heterocycles. The zero-order chi connectivity index (χ0) is 13.5. The van der Waals surface area contributed by atoms with E-state index in [1.54, 1.807) is 19.1 Å². The molecule has 0 unspecified atom stereocenters. The molecule has 98 valence electrons. The lowest BCUT2D eigenvalue weighted by Gasteiger charge is -2.06. The summed E-state index contributed by atoms with van der Waals surface area (Å²) in [5.74, 6) is -0.401. The van der Waals surface area contributed by atoms with E-state index in [-0.39, 0.29) is 5.56 Å². The molecule has 18 heavy (non-hydrogen) atoms. The van der Waals surface area contributed by atoms with Crippen molar-refractivity contribution in [2.24, 2.45) is 5.92 Å². The van der Waals surface area contributed by atoms with Gasteiger partial charge in [-0.05, 0) is 43.4 Å². The van der Waals surface area contributed by atoms with Gasteiger partial charge in [0.05, 0.1) is 5.56 Å². The molecular formula is C16H20F2. The Bertz CT molecular complexity index is 422. The maximum atomic E-state index is 13.6. The number of hydrogen-bond acceptors (Lipinski definition) is 0. The van der Waals surface area contributed by atoms with E-state index < -0.39 is 11.6 Å². The van der Waals surface area contributed by atoms with Crippen LogP contribution in [0.15, 0.2) is 36.4 Å². The summed E-state index contributed by atoms with van der Waals surface area (Å²) in [6.07, 6.45) is 7.50. The minimum Gasteiger partial charge on any atom is -0.206 e. The number of allylic oxidation sites excluding steroid dienone is 4. The zero-order valence-electron chi connectivity index (χ0n) is 11.2. The lowest BCUT2D eigenvalue weighted by molar-refractivity contribution is 0.577. The molecule has 0 saturated heterocycles. The molecule has 1 aromatic carbocycles. The molecule has 0 fully saturated rings. The Kier molecular flexibility index (Phi) is 5.76. The first-order valence-electron chi connectivity index (χ1n) is 6.33. The molecule has 1 rings (SSSR count). The van der Waals surface area contributed by atoms with Crippen LogP contribution in [0.3, 0.4) is 0 Å². The molecular weight excluding hydrogens is 230 g/mol. The van der Waals surface area contributed by atoms with E-state index in [0.29, 0.717) is 11.5 Å². The van der Waals surface area contributed by atoms with Crippen LogP contribution >= 0.6 is 0 Å². The number of benzene rings is 1. The van der Waals surface area contributed by atoms with E-state index in [0.717, 1.165) is 12.8 Å². The number of hydrogen-bond donors (Lipinski definition) is 0. The second kappa shape index (κ2) is 7.10. The lowest BCUT2D eigenvalue weighted by atomic mass is 10.0. The van der Waals surface area contributed by atoms with Crippen LogP contribution < -0.4 is 0 Å². The van der Waals surface area contributed by atoms with Crippen molar-refractivity contribution in [3.8, 4) is 0 Å². The molecule has 0 atom stereocenters. The van der Waals surface area contributed by atoms with Gasteiger partial charge in [-0.25, -0.2) is 8.78 Å². The minimum atomic E-state index is -0.517. The standard InChI is InChI=1S/C16H20F2/c1-4-13(9-6-5-8-12(2)3)16-14(17)10-7-11-15(16)18/h4,6-7,9-12H,5,8H2,1-3H3/b9-6-,13-4+. The van der Waals surface area contributed by atoms with E-state index >= 15 is 0 Å². The summed E-state index contributed by atoms with van der Waals surface area (Å²) in [6, 6.07) is 3.94. The van der Waals surface area contributed by atoms with Crippen LogP contribution in [0.4, 0.5) is 8.78 Å². The largest absolute Gasteiger partial charge is 0.206 e. The third-order valence-corrected chi connectivity index (χ3v) is 2.77. The van der Waals surface area contributed by atoms with Gasteiger partial charge in [-0.2, -0.15) is 0 Å². The number of halogens is 2. The predicted octanol–water partition coefficient (Wildman–Crippen LogP) is 5.36. The van der Waals surface area contributed by atoms with Crippen LogP contribution in [0, 0.1) is 17.6 Å². The van der Waals surface area contributed by atoms with Gasteiger partial charge in [-0.1, -0.05) is 38.1 Å². The van der Waals surface area contributed by atoms with Crippen molar-refractivity contribution < 1.29 is 8.78 Å². The quantitative estimate of drug-likeness (QED) is 0.617. The van der Waals surface area contributed by atoms with E-state index in [4.69, 9.17) is 0 Å². The molecule has 0 bridgehead atoms. The molecule has 1 aromatic rings. The van der Waals surface area contributed by atoms with Gasteiger partial charge < -0.3 is 0 Å². The first kappa shape index (κ1) is 14.6. The molecule has 0 amide bonds. The van der Waals surface area contributed by atoms with Gasteiger partial charge in [0, 0.05) is 0 Å². The highest BCUT2D eigenvalue weighted by atomic mass is 19.1. The molecule has 0 saturated carbocycles. The van der Waals surface area contributed by atoms with Gasteiger partial charge in [0.15, 0.2) is 0 Å². The van der Waals surface area contributed by atoms with Crippen molar-refractivity contribution in [2.75, 3.05) is 0 Å². The first-order chi connectivity index (χ1) is 8.56. The van der Waals surface area contributed by atoms with Crippen LogP contribution in [-0.2, 0) is 0 Å². The molecule has 2 heteroatoms.